The van der Waals surface area contributed by atoms with Gasteiger partial charge >= 0.3 is 0 Å². The van der Waals surface area contributed by atoms with Crippen LogP contribution in [0.25, 0.3) is 0 Å². The molecule has 2 aliphatic heterocycles. The molecule has 5 nitrogen and oxygen atoms in total. The number of carbonyl (C=O) groups is 1. The average molecular weight is 276 g/mol. The van der Waals surface area contributed by atoms with Crippen LogP contribution in [-0.2, 0) is 4.79 Å². The Hall–Kier alpha value is -1.75. The number of fused-ring (bicyclic) bond motifs is 1. The molecule has 1 amide bonds. The second kappa shape index (κ2) is 5.71. The monoisotopic (exact) mass is 276 g/mol. The highest BCUT2D eigenvalue weighted by Crippen LogP contribution is 2.31. The number of ether oxygens (including phenoxy) is 2. The number of nitrogens with one attached hydrogen (secondary N) is 1. The maximum absolute atomic E-state index is 12.4. The van der Waals surface area contributed by atoms with Gasteiger partial charge in [0.2, 0.25) is 6.10 Å². The van der Waals surface area contributed by atoms with Crippen molar-refractivity contribution < 1.29 is 14.3 Å². The summed E-state index contributed by atoms with van der Waals surface area (Å²) >= 11 is 0. The van der Waals surface area contributed by atoms with E-state index in [4.69, 9.17) is 9.47 Å². The highest BCUT2D eigenvalue weighted by Gasteiger charge is 2.30. The van der Waals surface area contributed by atoms with Gasteiger partial charge in [0, 0.05) is 13.6 Å². The minimum absolute atomic E-state index is 0.00796. The Morgan fingerprint density at radius 1 is 1.40 bits per heavy atom. The molecular formula is C15H20N2O3. The van der Waals surface area contributed by atoms with E-state index in [0.29, 0.717) is 17.4 Å². The van der Waals surface area contributed by atoms with Gasteiger partial charge in [-0.3, -0.25) is 4.79 Å². The Labute approximate surface area is 118 Å². The summed E-state index contributed by atoms with van der Waals surface area (Å²) in [6.07, 6.45) is 0.590. The molecule has 5 heteroatoms. The summed E-state index contributed by atoms with van der Waals surface area (Å²) in [5, 5.41) is 3.32. The maximum Gasteiger partial charge on any atom is 0.267 e. The topological polar surface area (TPSA) is 50.8 Å². The Morgan fingerprint density at radius 3 is 2.95 bits per heavy atom. The fraction of sp³-hybridized carbons (Fsp3) is 0.533. The molecule has 0 saturated carbocycles. The van der Waals surface area contributed by atoms with Crippen molar-refractivity contribution in [2.75, 3.05) is 33.3 Å². The first-order valence-corrected chi connectivity index (χ1v) is 7.08. The molecular weight excluding hydrogens is 256 g/mol. The van der Waals surface area contributed by atoms with Crippen LogP contribution in [0.2, 0.25) is 0 Å². The van der Waals surface area contributed by atoms with Gasteiger partial charge < -0.3 is 19.7 Å². The molecule has 20 heavy (non-hydrogen) atoms. The van der Waals surface area contributed by atoms with Crippen molar-refractivity contribution >= 4 is 5.91 Å². The highest BCUT2D eigenvalue weighted by atomic mass is 16.6. The fourth-order valence-corrected chi connectivity index (χ4v) is 2.73. The standard InChI is InChI=1S/C15H20N2O3/c1-17(9-11-6-7-16-8-11)15(18)14-10-19-12-4-2-3-5-13(12)20-14/h2-5,11,14,16H,6-10H2,1H3/t11-,14+/m1/s1. The summed E-state index contributed by atoms with van der Waals surface area (Å²) in [5.74, 6) is 1.89. The SMILES string of the molecule is CN(C[C@@H]1CCNC1)C(=O)[C@@H]1COc2ccccc2O1. The highest BCUT2D eigenvalue weighted by molar-refractivity contribution is 5.81. The lowest BCUT2D eigenvalue weighted by molar-refractivity contribution is -0.140. The predicted molar refractivity (Wildman–Crippen MR) is 75.0 cm³/mol. The summed E-state index contributed by atoms with van der Waals surface area (Å²) in [6, 6.07) is 7.45. The first-order chi connectivity index (χ1) is 9.74. The van der Waals surface area contributed by atoms with Gasteiger partial charge in [-0.05, 0) is 37.6 Å². The lowest BCUT2D eigenvalue weighted by atomic mass is 10.1. The summed E-state index contributed by atoms with van der Waals surface area (Å²) in [4.78, 5) is 14.2. The molecule has 3 rings (SSSR count). The third-order valence-electron chi connectivity index (χ3n) is 3.85. The molecule has 108 valence electrons. The number of nitrogens with zero attached hydrogens (tertiary/aromatic N) is 1. The van der Waals surface area contributed by atoms with Gasteiger partial charge in [0.25, 0.3) is 5.91 Å². The Morgan fingerprint density at radius 2 is 2.20 bits per heavy atom. The normalized spacial score (nSPS) is 24.4. The van der Waals surface area contributed by atoms with Gasteiger partial charge in [-0.25, -0.2) is 0 Å². The number of carbonyl (C=O) groups excluding carboxylic acids is 1. The summed E-state index contributed by atoms with van der Waals surface area (Å²) in [6.45, 7) is 3.09. The molecule has 0 spiro atoms. The molecule has 2 heterocycles. The first kappa shape index (κ1) is 13.2. The molecule has 0 radical (unpaired) electrons. The summed E-state index contributed by atoms with van der Waals surface area (Å²) in [7, 11) is 1.84. The van der Waals surface area contributed by atoms with Crippen molar-refractivity contribution in [1.29, 1.82) is 0 Å². The van der Waals surface area contributed by atoms with Crippen molar-refractivity contribution in [2.24, 2.45) is 5.92 Å². The summed E-state index contributed by atoms with van der Waals surface area (Å²) < 4.78 is 11.3. The zero-order valence-electron chi connectivity index (χ0n) is 11.7. The van der Waals surface area contributed by atoms with E-state index in [2.05, 4.69) is 5.32 Å². The molecule has 1 fully saturated rings. The second-order valence-electron chi connectivity index (χ2n) is 5.44. The number of rotatable bonds is 3. The Balaban J connectivity index is 1.60. The van der Waals surface area contributed by atoms with Gasteiger partial charge in [0.1, 0.15) is 6.61 Å². The van der Waals surface area contributed by atoms with Crippen LogP contribution in [0.5, 0.6) is 11.5 Å². The smallest absolute Gasteiger partial charge is 0.267 e. The lowest BCUT2D eigenvalue weighted by Crippen LogP contribution is -2.46. The van der Waals surface area contributed by atoms with E-state index in [9.17, 15) is 4.79 Å². The van der Waals surface area contributed by atoms with E-state index in [0.717, 1.165) is 26.1 Å². The van der Waals surface area contributed by atoms with Crippen LogP contribution < -0.4 is 14.8 Å². The predicted octanol–water partition coefficient (Wildman–Crippen LogP) is 0.894. The van der Waals surface area contributed by atoms with E-state index in [-0.39, 0.29) is 12.5 Å². The van der Waals surface area contributed by atoms with Crippen LogP contribution >= 0.6 is 0 Å². The minimum Gasteiger partial charge on any atom is -0.485 e. The molecule has 2 aliphatic rings. The number of amides is 1. The van der Waals surface area contributed by atoms with Gasteiger partial charge in [-0.15, -0.1) is 0 Å². The molecule has 0 bridgehead atoms. The zero-order valence-corrected chi connectivity index (χ0v) is 11.7. The quantitative estimate of drug-likeness (QED) is 0.891. The summed E-state index contributed by atoms with van der Waals surface area (Å²) in [5.41, 5.74) is 0. The maximum atomic E-state index is 12.4. The van der Waals surface area contributed by atoms with Gasteiger partial charge in [0.15, 0.2) is 11.5 Å². The molecule has 1 N–H and O–H groups in total. The van der Waals surface area contributed by atoms with Crippen LogP contribution in [0.15, 0.2) is 24.3 Å². The molecule has 0 aliphatic carbocycles. The molecule has 0 aromatic heterocycles. The van der Waals surface area contributed by atoms with Crippen molar-refractivity contribution in [3.8, 4) is 11.5 Å². The van der Waals surface area contributed by atoms with Crippen LogP contribution in [0, 0.1) is 5.92 Å². The third-order valence-corrected chi connectivity index (χ3v) is 3.85. The van der Waals surface area contributed by atoms with Crippen molar-refractivity contribution in [3.63, 3.8) is 0 Å². The van der Waals surface area contributed by atoms with Crippen LogP contribution in [-0.4, -0.2) is 50.2 Å². The van der Waals surface area contributed by atoms with Crippen molar-refractivity contribution in [2.45, 2.75) is 12.5 Å². The fourth-order valence-electron chi connectivity index (χ4n) is 2.73. The van der Waals surface area contributed by atoms with Crippen LogP contribution in [0.4, 0.5) is 0 Å². The molecule has 0 unspecified atom stereocenters. The van der Waals surface area contributed by atoms with Crippen LogP contribution in [0.1, 0.15) is 6.42 Å². The number of hydrogen-bond donors (Lipinski definition) is 1. The Kier molecular flexibility index (Phi) is 3.78. The number of hydrogen-bond acceptors (Lipinski definition) is 4. The van der Waals surface area contributed by atoms with Crippen LogP contribution in [0.3, 0.4) is 0 Å². The van der Waals surface area contributed by atoms with Gasteiger partial charge in [0.05, 0.1) is 0 Å². The van der Waals surface area contributed by atoms with Gasteiger partial charge in [-0.1, -0.05) is 12.1 Å². The third kappa shape index (κ3) is 2.72. The average Bonchev–Trinajstić information content (AvgIpc) is 2.99. The Bertz CT molecular complexity index is 486. The second-order valence-corrected chi connectivity index (χ2v) is 5.44. The van der Waals surface area contributed by atoms with E-state index in [1.165, 1.54) is 0 Å². The van der Waals surface area contributed by atoms with Gasteiger partial charge in [-0.2, -0.15) is 0 Å². The van der Waals surface area contributed by atoms with Crippen molar-refractivity contribution in [1.82, 2.24) is 10.2 Å². The molecule has 1 saturated heterocycles. The van der Waals surface area contributed by atoms with E-state index >= 15 is 0 Å². The van der Waals surface area contributed by atoms with E-state index in [1.807, 2.05) is 31.3 Å². The zero-order chi connectivity index (χ0) is 13.9. The largest absolute Gasteiger partial charge is 0.485 e. The van der Waals surface area contributed by atoms with E-state index < -0.39 is 6.10 Å². The molecule has 1 aromatic carbocycles. The van der Waals surface area contributed by atoms with Crippen molar-refractivity contribution in [3.05, 3.63) is 24.3 Å². The lowest BCUT2D eigenvalue weighted by Gasteiger charge is -2.29. The van der Waals surface area contributed by atoms with E-state index in [1.54, 1.807) is 4.90 Å². The minimum atomic E-state index is -0.538. The number of likely N-dealkylation sites (N-methyl/N-ethyl adjacent to an activating group) is 1. The first-order valence-electron chi connectivity index (χ1n) is 7.08. The molecule has 1 aromatic rings. The number of para-hydroxylation sites is 2. The molecule has 2 atom stereocenters. The number of benzene rings is 1.